The zero-order chi connectivity index (χ0) is 14.5. The Morgan fingerprint density at radius 2 is 2.11 bits per heavy atom. The van der Waals surface area contributed by atoms with Crippen LogP contribution in [0.15, 0.2) is 18.2 Å². The monoisotopic (exact) mass is 261 g/mol. The fraction of sp³-hybridized carbons (Fsp3) is 0.400. The van der Waals surface area contributed by atoms with E-state index in [0.717, 1.165) is 5.56 Å². The number of amides is 1. The molecule has 1 aromatic carbocycles. The van der Waals surface area contributed by atoms with E-state index in [1.54, 1.807) is 32.9 Å². The summed E-state index contributed by atoms with van der Waals surface area (Å²) in [5.41, 5.74) is 0.985. The van der Waals surface area contributed by atoms with Crippen LogP contribution in [-0.4, -0.2) is 23.3 Å². The van der Waals surface area contributed by atoms with E-state index in [1.807, 2.05) is 13.0 Å². The number of phenolic OH excluding ortho intramolecular Hbond substituents is 1. The van der Waals surface area contributed by atoms with E-state index < -0.39 is 11.7 Å². The molecule has 0 bridgehead atoms. The van der Waals surface area contributed by atoms with E-state index in [1.165, 1.54) is 0 Å². The van der Waals surface area contributed by atoms with E-state index >= 15 is 0 Å². The topological polar surface area (TPSA) is 58.6 Å². The third-order valence-corrected chi connectivity index (χ3v) is 2.10. The number of alkyl carbamates (subject to hydrolysis) is 1. The van der Waals surface area contributed by atoms with Crippen molar-refractivity contribution in [1.82, 2.24) is 5.32 Å². The Morgan fingerprint density at radius 3 is 2.68 bits per heavy atom. The Morgan fingerprint density at radius 1 is 1.42 bits per heavy atom. The number of benzene rings is 1. The van der Waals surface area contributed by atoms with Crippen molar-refractivity contribution in [3.05, 3.63) is 29.3 Å². The van der Waals surface area contributed by atoms with Gasteiger partial charge in [0.15, 0.2) is 0 Å². The van der Waals surface area contributed by atoms with Crippen LogP contribution >= 0.6 is 0 Å². The molecule has 0 aliphatic rings. The number of rotatable bonds is 1. The Bertz CT molecular complexity index is 518. The maximum Gasteiger partial charge on any atom is 0.408 e. The molecule has 0 aromatic heterocycles. The van der Waals surface area contributed by atoms with Gasteiger partial charge in [-0.3, -0.25) is 0 Å². The van der Waals surface area contributed by atoms with Gasteiger partial charge >= 0.3 is 6.09 Å². The van der Waals surface area contributed by atoms with Crippen LogP contribution in [0, 0.1) is 18.8 Å². The van der Waals surface area contributed by atoms with E-state index in [9.17, 15) is 9.90 Å². The van der Waals surface area contributed by atoms with Crippen molar-refractivity contribution >= 4 is 6.09 Å². The molecule has 0 unspecified atom stereocenters. The number of hydrogen-bond acceptors (Lipinski definition) is 3. The summed E-state index contributed by atoms with van der Waals surface area (Å²) in [6.45, 7) is 7.44. The summed E-state index contributed by atoms with van der Waals surface area (Å²) in [6.07, 6.45) is -0.505. The summed E-state index contributed by atoms with van der Waals surface area (Å²) in [7, 11) is 0. The van der Waals surface area contributed by atoms with Crippen molar-refractivity contribution in [3.8, 4) is 17.6 Å². The van der Waals surface area contributed by atoms with Gasteiger partial charge in [0, 0.05) is 0 Å². The molecule has 1 rings (SSSR count). The molecule has 0 fully saturated rings. The molecule has 102 valence electrons. The highest BCUT2D eigenvalue weighted by Gasteiger charge is 2.14. The maximum atomic E-state index is 11.3. The first-order valence-corrected chi connectivity index (χ1v) is 6.03. The summed E-state index contributed by atoms with van der Waals surface area (Å²) in [5, 5.41) is 12.2. The molecule has 0 heterocycles. The van der Waals surface area contributed by atoms with Gasteiger partial charge in [0.1, 0.15) is 11.4 Å². The van der Waals surface area contributed by atoms with Gasteiger partial charge in [-0.2, -0.15) is 0 Å². The fourth-order valence-electron chi connectivity index (χ4n) is 1.32. The standard InChI is InChI=1S/C15H19NO3/c1-11-7-8-12(13(17)10-11)6-5-9-16-14(18)19-15(2,3)4/h7-8,10,17H,9H2,1-4H3,(H,16,18). The van der Waals surface area contributed by atoms with Gasteiger partial charge in [0.2, 0.25) is 0 Å². The number of phenols is 1. The zero-order valence-electron chi connectivity index (χ0n) is 11.7. The molecule has 19 heavy (non-hydrogen) atoms. The van der Waals surface area contributed by atoms with Gasteiger partial charge < -0.3 is 15.2 Å². The van der Waals surface area contributed by atoms with Crippen LogP contribution in [0.25, 0.3) is 0 Å². The van der Waals surface area contributed by atoms with Gasteiger partial charge in [0.25, 0.3) is 0 Å². The Kier molecular flexibility index (Phi) is 4.82. The molecule has 4 heteroatoms. The van der Waals surface area contributed by atoms with Crippen molar-refractivity contribution in [2.24, 2.45) is 0 Å². The smallest absolute Gasteiger partial charge is 0.408 e. The molecule has 0 atom stereocenters. The van der Waals surface area contributed by atoms with Gasteiger partial charge in [-0.1, -0.05) is 17.9 Å². The van der Waals surface area contributed by atoms with Gasteiger partial charge in [-0.15, -0.1) is 0 Å². The van der Waals surface area contributed by atoms with E-state index in [2.05, 4.69) is 17.2 Å². The SMILES string of the molecule is Cc1ccc(C#CCNC(=O)OC(C)(C)C)c(O)c1. The Labute approximate surface area is 113 Å². The summed E-state index contributed by atoms with van der Waals surface area (Å²) in [4.78, 5) is 11.3. The lowest BCUT2D eigenvalue weighted by Gasteiger charge is -2.18. The van der Waals surface area contributed by atoms with Crippen LogP contribution in [0.3, 0.4) is 0 Å². The second-order valence-corrected chi connectivity index (χ2v) is 5.18. The number of hydrogen-bond donors (Lipinski definition) is 2. The predicted octanol–water partition coefficient (Wildman–Crippen LogP) is 2.58. The number of ether oxygens (including phenoxy) is 1. The molecule has 0 saturated heterocycles. The molecule has 1 amide bonds. The van der Waals surface area contributed by atoms with Crippen LogP contribution < -0.4 is 5.32 Å². The molecule has 0 radical (unpaired) electrons. The largest absolute Gasteiger partial charge is 0.507 e. The van der Waals surface area contributed by atoms with E-state index in [0.29, 0.717) is 5.56 Å². The summed E-state index contributed by atoms with van der Waals surface area (Å²) >= 11 is 0. The molecule has 2 N–H and O–H groups in total. The van der Waals surface area contributed by atoms with Crippen molar-refractivity contribution in [2.75, 3.05) is 6.54 Å². The number of aromatic hydroxyl groups is 1. The second-order valence-electron chi connectivity index (χ2n) is 5.18. The third-order valence-electron chi connectivity index (χ3n) is 2.10. The van der Waals surface area contributed by atoms with Crippen molar-refractivity contribution in [1.29, 1.82) is 0 Å². The maximum absolute atomic E-state index is 11.3. The van der Waals surface area contributed by atoms with Gasteiger partial charge in [0.05, 0.1) is 12.1 Å². The molecule has 1 aromatic rings. The normalized spacial score (nSPS) is 10.3. The molecule has 0 saturated carbocycles. The fourth-order valence-corrected chi connectivity index (χ4v) is 1.32. The molecular formula is C15H19NO3. The summed E-state index contributed by atoms with van der Waals surface area (Å²) in [5.74, 6) is 5.69. The lowest BCUT2D eigenvalue weighted by Crippen LogP contribution is -2.32. The first-order valence-electron chi connectivity index (χ1n) is 6.03. The Balaban J connectivity index is 2.50. The molecular weight excluding hydrogens is 242 g/mol. The van der Waals surface area contributed by atoms with E-state index in [-0.39, 0.29) is 12.3 Å². The number of carbonyl (C=O) groups excluding carboxylic acids is 1. The van der Waals surface area contributed by atoms with Gasteiger partial charge in [-0.25, -0.2) is 4.79 Å². The minimum absolute atomic E-state index is 0.143. The van der Waals surface area contributed by atoms with Crippen LogP contribution in [0.1, 0.15) is 31.9 Å². The van der Waals surface area contributed by atoms with Crippen LogP contribution in [0.2, 0.25) is 0 Å². The van der Waals surface area contributed by atoms with Crippen LogP contribution in [-0.2, 0) is 4.74 Å². The molecule has 4 nitrogen and oxygen atoms in total. The lowest BCUT2D eigenvalue weighted by atomic mass is 10.1. The van der Waals surface area contributed by atoms with Crippen molar-refractivity contribution in [2.45, 2.75) is 33.3 Å². The minimum Gasteiger partial charge on any atom is -0.507 e. The average Bonchev–Trinajstić information content (AvgIpc) is 2.24. The first kappa shape index (κ1) is 14.9. The highest BCUT2D eigenvalue weighted by molar-refractivity contribution is 5.68. The van der Waals surface area contributed by atoms with Crippen LogP contribution in [0.5, 0.6) is 5.75 Å². The first-order chi connectivity index (χ1) is 8.78. The summed E-state index contributed by atoms with van der Waals surface area (Å²) in [6, 6.07) is 5.25. The predicted molar refractivity (Wildman–Crippen MR) is 74.0 cm³/mol. The highest BCUT2D eigenvalue weighted by Crippen LogP contribution is 2.16. The lowest BCUT2D eigenvalue weighted by molar-refractivity contribution is 0.0535. The zero-order valence-corrected chi connectivity index (χ0v) is 11.7. The molecule has 0 spiro atoms. The number of nitrogens with one attached hydrogen (secondary N) is 1. The van der Waals surface area contributed by atoms with Crippen LogP contribution in [0.4, 0.5) is 4.79 Å². The number of carbonyl (C=O) groups is 1. The van der Waals surface area contributed by atoms with Gasteiger partial charge in [-0.05, 0) is 45.4 Å². The van der Waals surface area contributed by atoms with Crippen molar-refractivity contribution in [3.63, 3.8) is 0 Å². The molecule has 0 aliphatic heterocycles. The Hall–Kier alpha value is -2.15. The highest BCUT2D eigenvalue weighted by atomic mass is 16.6. The summed E-state index contributed by atoms with van der Waals surface area (Å²) < 4.78 is 5.06. The van der Waals surface area contributed by atoms with Crippen molar-refractivity contribution < 1.29 is 14.6 Å². The average molecular weight is 261 g/mol. The quantitative estimate of drug-likeness (QED) is 0.764. The minimum atomic E-state index is -0.521. The number of aryl methyl sites for hydroxylation is 1. The van der Waals surface area contributed by atoms with E-state index in [4.69, 9.17) is 4.74 Å². The molecule has 0 aliphatic carbocycles. The third kappa shape index (κ3) is 5.82. The second kappa shape index (κ2) is 6.14.